The average molecular weight is 729 g/mol. The Hall–Kier alpha value is -7.62. The Morgan fingerprint density at radius 1 is 0.368 bits per heavy atom. The molecule has 0 amide bonds. The van der Waals surface area contributed by atoms with E-state index < -0.39 is 0 Å². The van der Waals surface area contributed by atoms with E-state index in [1.54, 1.807) is 0 Å². The Bertz CT molecular complexity index is 3230. The monoisotopic (exact) mass is 728 g/mol. The zero-order valence-electron chi connectivity index (χ0n) is 31.1. The number of hydrogen-bond donors (Lipinski definition) is 0. The quantitative estimate of drug-likeness (QED) is 0.163. The predicted octanol–water partition coefficient (Wildman–Crippen LogP) is 15.2. The highest BCUT2D eigenvalue weighted by atomic mass is 16.3. The van der Waals surface area contributed by atoms with E-state index in [2.05, 4.69) is 216 Å². The second-order valence-corrected chi connectivity index (χ2v) is 14.5. The van der Waals surface area contributed by atoms with Crippen LogP contribution >= 0.6 is 0 Å². The summed E-state index contributed by atoms with van der Waals surface area (Å²) < 4.78 is 8.91. The van der Waals surface area contributed by atoms with Crippen LogP contribution in [0.25, 0.3) is 82.8 Å². The lowest BCUT2D eigenvalue weighted by Gasteiger charge is -2.29. The minimum Gasteiger partial charge on any atom is -0.455 e. The molecule has 0 bridgehead atoms. The van der Waals surface area contributed by atoms with Gasteiger partial charge in [-0.2, -0.15) is 0 Å². The molecule has 0 aliphatic rings. The maximum Gasteiger partial charge on any atom is 0.143 e. The van der Waals surface area contributed by atoms with Crippen molar-refractivity contribution in [2.24, 2.45) is 0 Å². The van der Waals surface area contributed by atoms with Crippen LogP contribution in [0.4, 0.5) is 17.1 Å². The molecule has 11 aromatic rings. The van der Waals surface area contributed by atoms with E-state index in [0.29, 0.717) is 0 Å². The van der Waals surface area contributed by atoms with E-state index in [-0.39, 0.29) is 0 Å². The van der Waals surface area contributed by atoms with Gasteiger partial charge in [0.25, 0.3) is 0 Å². The molecule has 0 N–H and O–H groups in total. The Kier molecular flexibility index (Phi) is 7.82. The average Bonchev–Trinajstić information content (AvgIpc) is 3.84. The summed E-state index contributed by atoms with van der Waals surface area (Å²) in [6.07, 6.45) is 0. The number of benzene rings is 9. The van der Waals surface area contributed by atoms with Crippen LogP contribution in [0.15, 0.2) is 223 Å². The van der Waals surface area contributed by atoms with Crippen LogP contribution in [0.5, 0.6) is 0 Å². The van der Waals surface area contributed by atoms with E-state index in [1.165, 1.54) is 33.0 Å². The molecule has 0 spiro atoms. The minimum absolute atomic E-state index is 0.902. The summed E-state index contributed by atoms with van der Waals surface area (Å²) in [6, 6.07) is 78.1. The first kappa shape index (κ1) is 32.8. The molecule has 3 nitrogen and oxygen atoms in total. The highest BCUT2D eigenvalue weighted by molar-refractivity contribution is 6.17. The first-order valence-electron chi connectivity index (χ1n) is 19.4. The van der Waals surface area contributed by atoms with Crippen molar-refractivity contribution >= 4 is 60.8 Å². The topological polar surface area (TPSA) is 21.3 Å². The Morgan fingerprint density at radius 3 is 1.79 bits per heavy atom. The van der Waals surface area contributed by atoms with E-state index >= 15 is 0 Å². The van der Waals surface area contributed by atoms with E-state index in [9.17, 15) is 0 Å². The summed E-state index contributed by atoms with van der Waals surface area (Å²) in [5.74, 6) is 0. The maximum atomic E-state index is 6.50. The molecule has 0 saturated heterocycles. The molecule has 0 fully saturated rings. The standard InChI is InChI=1S/C54H36N2O/c1-3-16-37(17-4-1)38-32-34-41(35-33-38)55(48-27-10-7-22-43(48)39-18-5-2-6-19-39)50-29-15-30-51-53(50)47-24-8-11-28-49(47)56(51)42-21-13-20-40(36-42)44-25-14-26-46-45-23-9-12-31-52(45)57-54(44)46/h1-36H. The van der Waals surface area contributed by atoms with Crippen molar-refractivity contribution in [2.45, 2.75) is 0 Å². The fourth-order valence-corrected chi connectivity index (χ4v) is 8.62. The number of aromatic nitrogens is 1. The first-order valence-corrected chi connectivity index (χ1v) is 19.4. The van der Waals surface area contributed by atoms with Crippen LogP contribution in [0.3, 0.4) is 0 Å². The van der Waals surface area contributed by atoms with Crippen molar-refractivity contribution < 1.29 is 4.42 Å². The highest BCUT2D eigenvalue weighted by Crippen LogP contribution is 2.47. The number of para-hydroxylation sites is 4. The highest BCUT2D eigenvalue weighted by Gasteiger charge is 2.23. The van der Waals surface area contributed by atoms with Gasteiger partial charge in [-0.25, -0.2) is 0 Å². The lowest BCUT2D eigenvalue weighted by atomic mass is 10.00. The third-order valence-electron chi connectivity index (χ3n) is 11.2. The SMILES string of the molecule is c1ccc(-c2ccc(N(c3ccccc3-c3ccccc3)c3cccc4c3c3ccccc3n4-c3cccc(-c4cccc5c4oc4ccccc45)c3)cc2)cc1. The van der Waals surface area contributed by atoms with Gasteiger partial charge >= 0.3 is 0 Å². The predicted molar refractivity (Wildman–Crippen MR) is 239 cm³/mol. The van der Waals surface area contributed by atoms with Crippen molar-refractivity contribution in [1.29, 1.82) is 0 Å². The van der Waals surface area contributed by atoms with E-state index in [4.69, 9.17) is 4.42 Å². The van der Waals surface area contributed by atoms with Gasteiger partial charge in [-0.05, 0) is 76.9 Å². The molecular weight excluding hydrogens is 693 g/mol. The molecule has 0 aliphatic heterocycles. The van der Waals surface area contributed by atoms with Crippen molar-refractivity contribution in [3.05, 3.63) is 218 Å². The molecule has 0 saturated carbocycles. The Morgan fingerprint density at radius 2 is 0.947 bits per heavy atom. The summed E-state index contributed by atoms with van der Waals surface area (Å²) in [6.45, 7) is 0. The molecule has 0 unspecified atom stereocenters. The summed E-state index contributed by atoms with van der Waals surface area (Å²) in [7, 11) is 0. The number of fused-ring (bicyclic) bond motifs is 6. The smallest absolute Gasteiger partial charge is 0.143 e. The van der Waals surface area contributed by atoms with Crippen LogP contribution in [-0.4, -0.2) is 4.57 Å². The zero-order chi connectivity index (χ0) is 37.7. The van der Waals surface area contributed by atoms with Gasteiger partial charge in [-0.3, -0.25) is 0 Å². The Labute approximate surface area is 330 Å². The molecule has 57 heavy (non-hydrogen) atoms. The summed E-state index contributed by atoms with van der Waals surface area (Å²) in [5.41, 5.74) is 15.4. The van der Waals surface area contributed by atoms with Crippen LogP contribution in [0, 0.1) is 0 Å². The number of nitrogens with zero attached hydrogens (tertiary/aromatic N) is 2. The summed E-state index contributed by atoms with van der Waals surface area (Å²) in [5, 5.41) is 4.64. The van der Waals surface area contributed by atoms with Gasteiger partial charge in [0.1, 0.15) is 11.2 Å². The molecule has 11 rings (SSSR count). The molecule has 2 heterocycles. The molecule has 268 valence electrons. The van der Waals surface area contributed by atoms with Crippen molar-refractivity contribution in [3.8, 4) is 39.1 Å². The van der Waals surface area contributed by atoms with Gasteiger partial charge in [0, 0.05) is 44.0 Å². The van der Waals surface area contributed by atoms with Crippen LogP contribution in [0.1, 0.15) is 0 Å². The third kappa shape index (κ3) is 5.51. The molecule has 0 radical (unpaired) electrons. The zero-order valence-corrected chi connectivity index (χ0v) is 31.1. The number of rotatable bonds is 7. The van der Waals surface area contributed by atoms with E-state index in [0.717, 1.165) is 66.8 Å². The van der Waals surface area contributed by atoms with Crippen LogP contribution in [-0.2, 0) is 0 Å². The second kappa shape index (κ2) is 13.6. The fraction of sp³-hybridized carbons (Fsp3) is 0. The minimum atomic E-state index is 0.902. The van der Waals surface area contributed by atoms with Gasteiger partial charge < -0.3 is 13.9 Å². The molecule has 3 heteroatoms. The fourth-order valence-electron chi connectivity index (χ4n) is 8.62. The normalized spacial score (nSPS) is 11.5. The second-order valence-electron chi connectivity index (χ2n) is 14.5. The third-order valence-corrected chi connectivity index (χ3v) is 11.2. The van der Waals surface area contributed by atoms with Gasteiger partial charge in [0.05, 0.1) is 22.4 Å². The summed E-state index contributed by atoms with van der Waals surface area (Å²) in [4.78, 5) is 2.44. The van der Waals surface area contributed by atoms with Crippen molar-refractivity contribution in [1.82, 2.24) is 4.57 Å². The van der Waals surface area contributed by atoms with Crippen molar-refractivity contribution in [3.63, 3.8) is 0 Å². The van der Waals surface area contributed by atoms with Crippen LogP contribution in [0.2, 0.25) is 0 Å². The van der Waals surface area contributed by atoms with Crippen LogP contribution < -0.4 is 4.90 Å². The molecule has 2 aromatic heterocycles. The lowest BCUT2D eigenvalue weighted by Crippen LogP contribution is -2.11. The number of anilines is 3. The van der Waals surface area contributed by atoms with Crippen molar-refractivity contribution in [2.75, 3.05) is 4.90 Å². The molecular formula is C54H36N2O. The van der Waals surface area contributed by atoms with E-state index in [1.807, 2.05) is 12.1 Å². The Balaban J connectivity index is 1.13. The van der Waals surface area contributed by atoms with Gasteiger partial charge in [0.15, 0.2) is 0 Å². The van der Waals surface area contributed by atoms with Gasteiger partial charge in [0.2, 0.25) is 0 Å². The molecule has 0 aliphatic carbocycles. The molecule has 9 aromatic carbocycles. The first-order chi connectivity index (χ1) is 28.3. The summed E-state index contributed by atoms with van der Waals surface area (Å²) >= 11 is 0. The largest absolute Gasteiger partial charge is 0.455 e. The van der Waals surface area contributed by atoms with Gasteiger partial charge in [-0.1, -0.05) is 164 Å². The van der Waals surface area contributed by atoms with Gasteiger partial charge in [-0.15, -0.1) is 0 Å². The molecule has 0 atom stereocenters. The maximum absolute atomic E-state index is 6.50. The number of furan rings is 1. The lowest BCUT2D eigenvalue weighted by molar-refractivity contribution is 0.670. The number of hydrogen-bond acceptors (Lipinski definition) is 2.